The minimum absolute atomic E-state index is 0.699. The highest BCUT2D eigenvalue weighted by Gasteiger charge is 2.02. The molecule has 2 rings (SSSR count). The van der Waals surface area contributed by atoms with Crippen LogP contribution in [0.2, 0.25) is 0 Å². The molecule has 0 saturated carbocycles. The Hall–Kier alpha value is -1.29. The number of benzene rings is 1. The number of hydrogen-bond donors (Lipinski definition) is 0. The smallest absolute Gasteiger partial charge is 0.236 e. The zero-order chi connectivity index (χ0) is 12.5. The van der Waals surface area contributed by atoms with Crippen LogP contribution in [0, 0.1) is 6.92 Å². The van der Waals surface area contributed by atoms with Gasteiger partial charge in [-0.2, -0.15) is 4.98 Å². The molecule has 0 saturated heterocycles. The molecule has 0 fully saturated rings. The third kappa shape index (κ3) is 5.04. The molecular weight excluding hydrogens is 232 g/mol. The normalized spacial score (nSPS) is 9.59. The van der Waals surface area contributed by atoms with Gasteiger partial charge in [0, 0.05) is 5.75 Å². The van der Waals surface area contributed by atoms with Gasteiger partial charge in [0.25, 0.3) is 0 Å². The number of hydrogen-bond acceptors (Lipinski definition) is 4. The minimum Gasteiger partial charge on any atom is -0.338 e. The van der Waals surface area contributed by atoms with Crippen LogP contribution < -0.4 is 0 Å². The average molecular weight is 250 g/mol. The second-order valence-corrected chi connectivity index (χ2v) is 4.20. The van der Waals surface area contributed by atoms with E-state index >= 15 is 0 Å². The van der Waals surface area contributed by atoms with Crippen LogP contribution in [-0.4, -0.2) is 10.1 Å². The Morgan fingerprint density at radius 3 is 2.41 bits per heavy atom. The quantitative estimate of drug-likeness (QED) is 0.826. The Labute approximate surface area is 107 Å². The summed E-state index contributed by atoms with van der Waals surface area (Å²) in [7, 11) is 0. The number of nitrogens with zero attached hydrogens (tertiary/aromatic N) is 2. The molecule has 0 spiro atoms. The van der Waals surface area contributed by atoms with Gasteiger partial charge in [-0.05, 0) is 12.5 Å². The molecular formula is C13H18N2OS. The van der Waals surface area contributed by atoms with E-state index in [9.17, 15) is 0 Å². The van der Waals surface area contributed by atoms with Gasteiger partial charge in [-0.15, -0.1) is 11.8 Å². The number of rotatable bonds is 4. The molecule has 1 aromatic carbocycles. The fraction of sp³-hybridized carbons (Fsp3) is 0.385. The van der Waals surface area contributed by atoms with Crippen molar-refractivity contribution in [1.29, 1.82) is 0 Å². The van der Waals surface area contributed by atoms with E-state index in [4.69, 9.17) is 4.52 Å². The highest BCUT2D eigenvalue weighted by molar-refractivity contribution is 7.97. The van der Waals surface area contributed by atoms with Gasteiger partial charge in [-0.25, -0.2) is 0 Å². The fourth-order valence-corrected chi connectivity index (χ4v) is 2.05. The lowest BCUT2D eigenvalue weighted by atomic mass is 10.2. The molecule has 2 aromatic rings. The van der Waals surface area contributed by atoms with E-state index in [-0.39, 0.29) is 0 Å². The fourth-order valence-electron chi connectivity index (χ4n) is 1.23. The molecule has 4 heteroatoms. The van der Waals surface area contributed by atoms with Crippen molar-refractivity contribution in [3.05, 3.63) is 47.6 Å². The second-order valence-electron chi connectivity index (χ2n) is 3.21. The topological polar surface area (TPSA) is 38.9 Å². The summed E-state index contributed by atoms with van der Waals surface area (Å²) in [5.41, 5.74) is 1.32. The highest BCUT2D eigenvalue weighted by atomic mass is 32.2. The van der Waals surface area contributed by atoms with Crippen LogP contribution in [0.3, 0.4) is 0 Å². The molecule has 0 amide bonds. The van der Waals surface area contributed by atoms with Crippen molar-refractivity contribution in [2.24, 2.45) is 0 Å². The van der Waals surface area contributed by atoms with E-state index in [0.29, 0.717) is 11.7 Å². The number of aromatic nitrogens is 2. The zero-order valence-electron chi connectivity index (χ0n) is 10.5. The van der Waals surface area contributed by atoms with Crippen LogP contribution in [-0.2, 0) is 11.5 Å². The van der Waals surface area contributed by atoms with Gasteiger partial charge in [0.2, 0.25) is 5.89 Å². The van der Waals surface area contributed by atoms with Gasteiger partial charge in [0.05, 0.1) is 5.75 Å². The van der Waals surface area contributed by atoms with Crippen LogP contribution in [0.5, 0.6) is 0 Å². The molecule has 17 heavy (non-hydrogen) atoms. The van der Waals surface area contributed by atoms with E-state index in [2.05, 4.69) is 22.3 Å². The van der Waals surface area contributed by atoms with Crippen LogP contribution >= 0.6 is 11.8 Å². The highest BCUT2D eigenvalue weighted by Crippen LogP contribution is 2.16. The summed E-state index contributed by atoms with van der Waals surface area (Å²) in [5.74, 6) is 3.15. The molecule has 92 valence electrons. The molecule has 0 aliphatic carbocycles. The number of thioether (sulfide) groups is 1. The van der Waals surface area contributed by atoms with Crippen molar-refractivity contribution in [2.75, 3.05) is 0 Å². The maximum Gasteiger partial charge on any atom is 0.236 e. The van der Waals surface area contributed by atoms with Crippen molar-refractivity contribution < 1.29 is 4.52 Å². The first-order valence-electron chi connectivity index (χ1n) is 5.75. The Balaban J connectivity index is 0.000000686. The standard InChI is InChI=1S/C11H12N2OS.C2H6/c1-9-12-11(14-13-9)8-15-7-10-5-3-2-4-6-10;1-2/h2-6H,7-8H2,1H3;1-2H3. The summed E-state index contributed by atoms with van der Waals surface area (Å²) in [4.78, 5) is 4.14. The molecule has 0 atom stereocenters. The third-order valence-corrected chi connectivity index (χ3v) is 2.90. The minimum atomic E-state index is 0.699. The molecule has 0 aliphatic heterocycles. The average Bonchev–Trinajstić information content (AvgIpc) is 2.79. The largest absolute Gasteiger partial charge is 0.338 e. The Bertz CT molecular complexity index is 414. The Morgan fingerprint density at radius 1 is 1.12 bits per heavy atom. The summed E-state index contributed by atoms with van der Waals surface area (Å²) >= 11 is 1.78. The number of aryl methyl sites for hydroxylation is 1. The lowest BCUT2D eigenvalue weighted by Gasteiger charge is -1.97. The molecule has 1 aromatic heterocycles. The maximum atomic E-state index is 5.02. The summed E-state index contributed by atoms with van der Waals surface area (Å²) in [6.45, 7) is 5.83. The van der Waals surface area contributed by atoms with E-state index in [1.54, 1.807) is 11.8 Å². The summed E-state index contributed by atoms with van der Waals surface area (Å²) in [6.07, 6.45) is 0. The van der Waals surface area contributed by atoms with E-state index in [1.165, 1.54) is 5.56 Å². The van der Waals surface area contributed by atoms with Crippen molar-refractivity contribution in [3.8, 4) is 0 Å². The van der Waals surface area contributed by atoms with Gasteiger partial charge in [-0.1, -0.05) is 49.3 Å². The Kier molecular flexibility index (Phi) is 6.40. The van der Waals surface area contributed by atoms with Crippen LogP contribution in [0.4, 0.5) is 0 Å². The zero-order valence-corrected chi connectivity index (χ0v) is 11.3. The van der Waals surface area contributed by atoms with Gasteiger partial charge in [-0.3, -0.25) is 0 Å². The van der Waals surface area contributed by atoms with Crippen LogP contribution in [0.25, 0.3) is 0 Å². The SMILES string of the molecule is CC.Cc1noc(CSCc2ccccc2)n1. The van der Waals surface area contributed by atoms with E-state index in [0.717, 1.165) is 11.5 Å². The summed E-state index contributed by atoms with van der Waals surface area (Å²) < 4.78 is 5.02. The molecule has 0 aliphatic rings. The molecule has 1 heterocycles. The lowest BCUT2D eigenvalue weighted by Crippen LogP contribution is -1.83. The molecule has 3 nitrogen and oxygen atoms in total. The van der Waals surface area contributed by atoms with E-state index in [1.807, 2.05) is 39.0 Å². The van der Waals surface area contributed by atoms with Crippen molar-refractivity contribution in [2.45, 2.75) is 32.3 Å². The van der Waals surface area contributed by atoms with E-state index < -0.39 is 0 Å². The molecule has 0 radical (unpaired) electrons. The summed E-state index contributed by atoms with van der Waals surface area (Å²) in [6, 6.07) is 10.4. The first-order valence-corrected chi connectivity index (χ1v) is 6.91. The van der Waals surface area contributed by atoms with Crippen molar-refractivity contribution >= 4 is 11.8 Å². The maximum absolute atomic E-state index is 5.02. The lowest BCUT2D eigenvalue weighted by molar-refractivity contribution is 0.387. The third-order valence-electron chi connectivity index (χ3n) is 1.91. The van der Waals surface area contributed by atoms with Gasteiger partial charge in [0.15, 0.2) is 5.82 Å². The van der Waals surface area contributed by atoms with Crippen LogP contribution in [0.1, 0.15) is 31.1 Å². The van der Waals surface area contributed by atoms with Gasteiger partial charge in [0.1, 0.15) is 0 Å². The predicted molar refractivity (Wildman–Crippen MR) is 71.8 cm³/mol. The second kappa shape index (κ2) is 7.90. The predicted octanol–water partition coefficient (Wildman–Crippen LogP) is 3.84. The molecule has 0 unspecified atom stereocenters. The van der Waals surface area contributed by atoms with Crippen molar-refractivity contribution in [1.82, 2.24) is 10.1 Å². The van der Waals surface area contributed by atoms with Crippen molar-refractivity contribution in [3.63, 3.8) is 0 Å². The monoisotopic (exact) mass is 250 g/mol. The van der Waals surface area contributed by atoms with Crippen LogP contribution in [0.15, 0.2) is 34.9 Å². The van der Waals surface area contributed by atoms with Gasteiger partial charge < -0.3 is 4.52 Å². The Morgan fingerprint density at radius 2 is 1.82 bits per heavy atom. The first kappa shape index (κ1) is 13.8. The van der Waals surface area contributed by atoms with Gasteiger partial charge >= 0.3 is 0 Å². The summed E-state index contributed by atoms with van der Waals surface area (Å²) in [5, 5.41) is 3.74. The molecule has 0 bridgehead atoms. The first-order chi connectivity index (χ1) is 8.34. The molecule has 0 N–H and O–H groups in total.